The molecular weight excluding hydrogens is 388 g/mol. The number of carbonyl (C=O) groups excluding carboxylic acids is 3. The van der Waals surface area contributed by atoms with Crippen molar-refractivity contribution in [2.75, 3.05) is 25.1 Å². The zero-order valence-electron chi connectivity index (χ0n) is 17.0. The van der Waals surface area contributed by atoms with Crippen LogP contribution in [0.5, 0.6) is 0 Å². The maximum absolute atomic E-state index is 12.4. The molecule has 1 atom stereocenters. The van der Waals surface area contributed by atoms with Gasteiger partial charge in [-0.2, -0.15) is 0 Å². The van der Waals surface area contributed by atoms with Crippen LogP contribution in [0.4, 0.5) is 5.69 Å². The molecule has 0 spiro atoms. The molecule has 0 saturated heterocycles. The van der Waals surface area contributed by atoms with Crippen LogP contribution < -0.4 is 16.0 Å². The monoisotopic (exact) mass is 414 g/mol. The molecule has 2 aromatic rings. The van der Waals surface area contributed by atoms with Crippen LogP contribution in [-0.4, -0.2) is 43.8 Å². The minimum Gasteiger partial charge on any atom is -0.468 e. The van der Waals surface area contributed by atoms with Crippen LogP contribution in [0.2, 0.25) is 0 Å². The summed E-state index contributed by atoms with van der Waals surface area (Å²) in [5, 5.41) is 10.1. The Labute approximate surface area is 174 Å². The minimum atomic E-state index is -0.748. The maximum atomic E-state index is 12.4. The Balaban J connectivity index is 1.86. The summed E-state index contributed by atoms with van der Waals surface area (Å²) < 4.78 is 10.3. The molecule has 2 rings (SSSR count). The van der Waals surface area contributed by atoms with Gasteiger partial charge in [0.15, 0.2) is 0 Å². The van der Waals surface area contributed by atoms with Gasteiger partial charge in [0.2, 0.25) is 11.8 Å². The standard InChI is InChI=1S/C21H26N4O5/c1-3-29-21(28)16(17-5-4-12-30-17)13-24-18(26)10-11-19(27)25(2)15-8-6-14(7-9-15)20(22)23/h4-9,12,16H,3,10-11,13H2,1-2H3,(H3,22,23)(H,24,26). The average Bonchev–Trinajstić information content (AvgIpc) is 3.26. The molecule has 2 amide bonds. The quantitative estimate of drug-likeness (QED) is 0.308. The van der Waals surface area contributed by atoms with Gasteiger partial charge in [-0.3, -0.25) is 19.8 Å². The molecule has 0 radical (unpaired) electrons. The van der Waals surface area contributed by atoms with E-state index < -0.39 is 11.9 Å². The Bertz CT molecular complexity index is 877. The lowest BCUT2D eigenvalue weighted by atomic mass is 10.1. The lowest BCUT2D eigenvalue weighted by Gasteiger charge is -2.18. The van der Waals surface area contributed by atoms with E-state index in [1.807, 2.05) is 0 Å². The molecule has 0 aliphatic heterocycles. The highest BCUT2D eigenvalue weighted by molar-refractivity contribution is 5.97. The highest BCUT2D eigenvalue weighted by atomic mass is 16.5. The normalized spacial score (nSPS) is 11.4. The van der Waals surface area contributed by atoms with E-state index in [1.165, 1.54) is 11.2 Å². The van der Waals surface area contributed by atoms with Crippen LogP contribution in [0, 0.1) is 5.41 Å². The number of benzene rings is 1. The van der Waals surface area contributed by atoms with Gasteiger partial charge in [-0.25, -0.2) is 0 Å². The van der Waals surface area contributed by atoms with Gasteiger partial charge in [-0.05, 0) is 43.3 Å². The van der Waals surface area contributed by atoms with Gasteiger partial charge in [-0.15, -0.1) is 0 Å². The number of furan rings is 1. The summed E-state index contributed by atoms with van der Waals surface area (Å²) in [7, 11) is 1.61. The van der Waals surface area contributed by atoms with Crippen LogP contribution in [0.25, 0.3) is 0 Å². The number of nitrogens with zero attached hydrogens (tertiary/aromatic N) is 1. The zero-order chi connectivity index (χ0) is 22.1. The number of nitrogen functional groups attached to an aromatic ring is 1. The fourth-order valence-corrected chi connectivity index (χ4v) is 2.73. The van der Waals surface area contributed by atoms with Crippen molar-refractivity contribution in [3.63, 3.8) is 0 Å². The van der Waals surface area contributed by atoms with E-state index >= 15 is 0 Å². The lowest BCUT2D eigenvalue weighted by molar-refractivity contribution is -0.145. The van der Waals surface area contributed by atoms with Gasteiger partial charge in [0.05, 0.1) is 12.9 Å². The number of amides is 2. The van der Waals surface area contributed by atoms with E-state index in [9.17, 15) is 14.4 Å². The van der Waals surface area contributed by atoms with Crippen LogP contribution in [0.1, 0.15) is 37.0 Å². The van der Waals surface area contributed by atoms with Gasteiger partial charge < -0.3 is 25.1 Å². The van der Waals surface area contributed by atoms with Crippen LogP contribution in [0.15, 0.2) is 47.1 Å². The zero-order valence-corrected chi connectivity index (χ0v) is 17.0. The largest absolute Gasteiger partial charge is 0.468 e. The van der Waals surface area contributed by atoms with Crippen molar-refractivity contribution in [3.8, 4) is 0 Å². The van der Waals surface area contributed by atoms with Crippen molar-refractivity contribution in [1.82, 2.24) is 5.32 Å². The van der Waals surface area contributed by atoms with Crippen molar-refractivity contribution >= 4 is 29.3 Å². The van der Waals surface area contributed by atoms with Crippen molar-refractivity contribution < 1.29 is 23.5 Å². The van der Waals surface area contributed by atoms with E-state index in [2.05, 4.69) is 5.32 Å². The van der Waals surface area contributed by atoms with Crippen molar-refractivity contribution in [1.29, 1.82) is 5.41 Å². The average molecular weight is 414 g/mol. The molecule has 160 valence electrons. The first-order valence-electron chi connectivity index (χ1n) is 9.51. The summed E-state index contributed by atoms with van der Waals surface area (Å²) in [6.07, 6.45) is 1.42. The summed E-state index contributed by atoms with van der Waals surface area (Å²) >= 11 is 0. The smallest absolute Gasteiger partial charge is 0.318 e. The molecule has 0 bridgehead atoms. The lowest BCUT2D eigenvalue weighted by Crippen LogP contribution is -2.33. The molecule has 0 aliphatic carbocycles. The first-order chi connectivity index (χ1) is 14.3. The third-order valence-electron chi connectivity index (χ3n) is 4.47. The minimum absolute atomic E-state index is 0.00161. The molecule has 9 heteroatoms. The van der Waals surface area contributed by atoms with Crippen molar-refractivity contribution in [2.24, 2.45) is 5.73 Å². The number of rotatable bonds is 10. The molecule has 0 saturated carbocycles. The van der Waals surface area contributed by atoms with Crippen molar-refractivity contribution in [3.05, 3.63) is 54.0 Å². The Hall–Kier alpha value is -3.62. The summed E-state index contributed by atoms with van der Waals surface area (Å²) in [5.74, 6) is -1.49. The third kappa shape index (κ3) is 6.20. The summed E-state index contributed by atoms with van der Waals surface area (Å²) in [5.41, 5.74) is 6.61. The third-order valence-corrected chi connectivity index (χ3v) is 4.47. The van der Waals surface area contributed by atoms with E-state index in [4.69, 9.17) is 20.3 Å². The van der Waals surface area contributed by atoms with E-state index in [0.717, 1.165) is 0 Å². The second kappa shape index (κ2) is 10.8. The molecular formula is C21H26N4O5. The predicted molar refractivity (Wildman–Crippen MR) is 111 cm³/mol. The maximum Gasteiger partial charge on any atom is 0.318 e. The van der Waals surface area contributed by atoms with Gasteiger partial charge in [-0.1, -0.05) is 0 Å². The van der Waals surface area contributed by atoms with Gasteiger partial charge >= 0.3 is 5.97 Å². The second-order valence-electron chi connectivity index (χ2n) is 6.54. The van der Waals surface area contributed by atoms with Gasteiger partial charge in [0.1, 0.15) is 17.5 Å². The molecule has 1 aromatic carbocycles. The second-order valence-corrected chi connectivity index (χ2v) is 6.54. The van der Waals surface area contributed by atoms with Gasteiger partial charge in [0.25, 0.3) is 0 Å². The Morgan fingerprint density at radius 1 is 1.20 bits per heavy atom. The van der Waals surface area contributed by atoms with Gasteiger partial charge in [0, 0.05) is 37.7 Å². The summed E-state index contributed by atoms with van der Waals surface area (Å²) in [6, 6.07) is 9.96. The molecule has 1 unspecified atom stereocenters. The number of esters is 1. The number of anilines is 1. The first-order valence-corrected chi connectivity index (χ1v) is 9.51. The molecule has 30 heavy (non-hydrogen) atoms. The number of carbonyl (C=O) groups is 3. The highest BCUT2D eigenvalue weighted by Crippen LogP contribution is 2.18. The van der Waals surface area contributed by atoms with E-state index in [-0.39, 0.29) is 43.6 Å². The Kier molecular flexibility index (Phi) is 8.16. The number of nitrogens with two attached hydrogens (primary N) is 1. The van der Waals surface area contributed by atoms with Crippen LogP contribution in [0.3, 0.4) is 0 Å². The fourth-order valence-electron chi connectivity index (χ4n) is 2.73. The topological polar surface area (TPSA) is 139 Å². The first kappa shape index (κ1) is 22.7. The molecule has 9 nitrogen and oxygen atoms in total. The van der Waals surface area contributed by atoms with E-state index in [0.29, 0.717) is 17.0 Å². The van der Waals surface area contributed by atoms with Crippen LogP contribution >= 0.6 is 0 Å². The number of hydrogen-bond donors (Lipinski definition) is 3. The van der Waals surface area contributed by atoms with Crippen LogP contribution in [-0.2, 0) is 19.1 Å². The highest BCUT2D eigenvalue weighted by Gasteiger charge is 2.25. The SMILES string of the molecule is CCOC(=O)C(CNC(=O)CCC(=O)N(C)c1ccc(C(=N)N)cc1)c1ccco1. The molecule has 0 aliphatic rings. The number of hydrogen-bond acceptors (Lipinski definition) is 6. The number of ether oxygens (including phenoxy) is 1. The number of amidine groups is 1. The predicted octanol–water partition coefficient (Wildman–Crippen LogP) is 1.77. The Morgan fingerprint density at radius 2 is 1.90 bits per heavy atom. The molecule has 0 fully saturated rings. The molecule has 4 N–H and O–H groups in total. The Morgan fingerprint density at radius 3 is 2.47 bits per heavy atom. The fraction of sp³-hybridized carbons (Fsp3) is 0.333. The molecule has 1 aromatic heterocycles. The molecule has 1 heterocycles. The summed E-state index contributed by atoms with van der Waals surface area (Å²) in [4.78, 5) is 38.1. The summed E-state index contributed by atoms with van der Waals surface area (Å²) in [6.45, 7) is 1.94. The van der Waals surface area contributed by atoms with E-state index in [1.54, 1.807) is 50.4 Å². The van der Waals surface area contributed by atoms with Crippen molar-refractivity contribution in [2.45, 2.75) is 25.7 Å². The number of nitrogens with one attached hydrogen (secondary N) is 2.